The quantitative estimate of drug-likeness (QED) is 0.114. The Kier molecular flexibility index (Phi) is 14.8. The molecule has 0 spiro atoms. The second kappa shape index (κ2) is 20.2. The molecule has 1 aliphatic carbocycles. The largest absolute Gasteiger partial charge is 0.489 e. The van der Waals surface area contributed by atoms with Crippen LogP contribution >= 0.6 is 0 Å². The summed E-state index contributed by atoms with van der Waals surface area (Å²) >= 11 is 0. The van der Waals surface area contributed by atoms with Crippen LogP contribution in [0.3, 0.4) is 0 Å². The molecule has 7 rings (SSSR count). The van der Waals surface area contributed by atoms with Crippen LogP contribution in [0.25, 0.3) is 0 Å². The van der Waals surface area contributed by atoms with E-state index in [2.05, 4.69) is 155 Å². The van der Waals surface area contributed by atoms with Crippen molar-refractivity contribution in [3.8, 4) is 23.0 Å². The minimum Gasteiger partial charge on any atom is -0.489 e. The van der Waals surface area contributed by atoms with E-state index in [1.165, 1.54) is 22.3 Å². The topological polar surface area (TPSA) is 62.7 Å². The fourth-order valence-corrected chi connectivity index (χ4v) is 8.91. The maximum Gasteiger partial charge on any atom is 0.130 e. The van der Waals surface area contributed by atoms with Crippen molar-refractivity contribution in [2.75, 3.05) is 13.2 Å². The molecule has 8 bridgehead atoms. The molecule has 0 atom stereocenters. The molecule has 0 N–H and O–H groups in total. The van der Waals surface area contributed by atoms with Gasteiger partial charge in [0, 0.05) is 38.1 Å². The van der Waals surface area contributed by atoms with Gasteiger partial charge in [0.05, 0.1) is 11.4 Å². The molecule has 0 fully saturated rings. The lowest BCUT2D eigenvalue weighted by molar-refractivity contribution is 0.294. The van der Waals surface area contributed by atoms with Crippen LogP contribution < -0.4 is 18.9 Å². The van der Waals surface area contributed by atoms with Gasteiger partial charge in [-0.05, 0) is 113 Å². The van der Waals surface area contributed by atoms with Gasteiger partial charge in [-0.25, -0.2) is 0 Å². The molecule has 4 aromatic carbocycles. The smallest absolute Gasteiger partial charge is 0.130 e. The average molecular weight is 911 g/mol. The highest BCUT2D eigenvalue weighted by Gasteiger charge is 2.29. The first kappa shape index (κ1) is 49.8. The van der Waals surface area contributed by atoms with Crippen LogP contribution in [0.4, 0.5) is 0 Å². The van der Waals surface area contributed by atoms with Gasteiger partial charge in [-0.15, -0.1) is 0 Å². The summed E-state index contributed by atoms with van der Waals surface area (Å²) in [6, 6.07) is 30.8. The molecule has 2 aromatic heterocycles. The van der Waals surface area contributed by atoms with E-state index in [9.17, 15) is 0 Å². The van der Waals surface area contributed by atoms with Gasteiger partial charge in [-0.3, -0.25) is 9.97 Å². The molecule has 0 saturated heterocycles. The molecule has 1 aliphatic rings. The van der Waals surface area contributed by atoms with Crippen LogP contribution in [0.15, 0.2) is 123 Å². The first-order chi connectivity index (χ1) is 32.1. The Labute approximate surface area is 407 Å². The highest BCUT2D eigenvalue weighted by atomic mass is 16.5. The van der Waals surface area contributed by atoms with Crippen molar-refractivity contribution in [1.29, 1.82) is 0 Å². The number of benzene rings is 4. The number of rotatable bonds is 12. The zero-order chi connectivity index (χ0) is 49.0. The van der Waals surface area contributed by atoms with E-state index in [1.807, 2.05) is 60.9 Å². The summed E-state index contributed by atoms with van der Waals surface area (Å²) in [5.74, 6) is 3.44. The fourth-order valence-electron chi connectivity index (χ4n) is 8.91. The second-order valence-electron chi connectivity index (χ2n) is 22.6. The Bertz CT molecular complexity index is 2460. The van der Waals surface area contributed by atoms with Gasteiger partial charge in [0.1, 0.15) is 49.4 Å². The van der Waals surface area contributed by atoms with Crippen LogP contribution in [-0.2, 0) is 60.6 Å². The molecule has 6 nitrogen and oxygen atoms in total. The highest BCUT2D eigenvalue weighted by Crippen LogP contribution is 2.44. The Balaban J connectivity index is 1.62. The Morgan fingerprint density at radius 3 is 0.853 bits per heavy atom. The summed E-state index contributed by atoms with van der Waals surface area (Å²) in [4.78, 5) is 9.37. The molecule has 0 unspecified atom stereocenters. The van der Waals surface area contributed by atoms with Gasteiger partial charge >= 0.3 is 0 Å². The van der Waals surface area contributed by atoms with Crippen LogP contribution in [0, 0.1) is 0 Å². The number of nitrogens with zero attached hydrogens (tertiary/aromatic N) is 2. The van der Waals surface area contributed by atoms with Gasteiger partial charge in [0.2, 0.25) is 0 Å². The Hall–Kier alpha value is -6.14. The van der Waals surface area contributed by atoms with Crippen molar-refractivity contribution in [1.82, 2.24) is 9.97 Å². The summed E-state index contributed by atoms with van der Waals surface area (Å²) < 4.78 is 28.0. The lowest BCUT2D eigenvalue weighted by Crippen LogP contribution is -2.18. The lowest BCUT2D eigenvalue weighted by atomic mass is 9.79. The molecule has 0 radical (unpaired) electrons. The number of aromatic nitrogens is 2. The van der Waals surface area contributed by atoms with Gasteiger partial charge in [-0.2, -0.15) is 0 Å². The third kappa shape index (κ3) is 11.9. The van der Waals surface area contributed by atoms with E-state index >= 15 is 0 Å². The lowest BCUT2D eigenvalue weighted by Gasteiger charge is -2.29. The van der Waals surface area contributed by atoms with E-state index in [1.54, 1.807) is 0 Å². The molecule has 6 aromatic rings. The molecule has 6 heteroatoms. The molecule has 0 aliphatic heterocycles. The summed E-state index contributed by atoms with van der Waals surface area (Å²) in [5.41, 5.74) is 14.7. The van der Waals surface area contributed by atoms with E-state index in [0.29, 0.717) is 52.1 Å². The van der Waals surface area contributed by atoms with Crippen molar-refractivity contribution in [3.63, 3.8) is 0 Å². The van der Waals surface area contributed by atoms with Crippen molar-refractivity contribution >= 4 is 0 Å². The normalized spacial score (nSPS) is 13.1. The first-order valence-electron chi connectivity index (χ1n) is 24.3. The molecular formula is C62H74N2O4. The number of pyridine rings is 2. The van der Waals surface area contributed by atoms with Crippen LogP contribution in [0.2, 0.25) is 0 Å². The summed E-state index contributed by atoms with van der Waals surface area (Å²) in [6.07, 6.45) is 9.61. The number of ether oxygens (including phenoxy) is 4. The Morgan fingerprint density at radius 2 is 0.647 bits per heavy atom. The fraction of sp³-hybridized carbons (Fsp3) is 0.387. The minimum atomic E-state index is -0.163. The molecule has 2 heterocycles. The molecule has 356 valence electrons. The predicted molar refractivity (Wildman–Crippen MR) is 280 cm³/mol. The van der Waals surface area contributed by atoms with Crippen LogP contribution in [-0.4, -0.2) is 23.2 Å². The van der Waals surface area contributed by atoms with E-state index in [0.717, 1.165) is 78.9 Å². The van der Waals surface area contributed by atoms with Crippen LogP contribution in [0.5, 0.6) is 23.0 Å². The number of hydrogen-bond acceptors (Lipinski definition) is 6. The third-order valence-corrected chi connectivity index (χ3v) is 12.8. The van der Waals surface area contributed by atoms with E-state index < -0.39 is 0 Å². The number of fused-ring (bicyclic) bond motifs is 8. The molecule has 0 saturated carbocycles. The summed E-state index contributed by atoms with van der Waals surface area (Å²) in [7, 11) is 0. The minimum absolute atomic E-state index is 0.163. The van der Waals surface area contributed by atoms with Crippen molar-refractivity contribution in [2.24, 2.45) is 0 Å². The van der Waals surface area contributed by atoms with Crippen molar-refractivity contribution in [3.05, 3.63) is 201 Å². The van der Waals surface area contributed by atoms with Gasteiger partial charge in [-0.1, -0.05) is 169 Å². The summed E-state index contributed by atoms with van der Waals surface area (Å²) in [5, 5.41) is 0. The average Bonchev–Trinajstić information content (AvgIpc) is 3.26. The molecular weight excluding hydrogens is 837 g/mol. The maximum atomic E-state index is 7.11. The predicted octanol–water partition coefficient (Wildman–Crippen LogP) is 14.6. The zero-order valence-electron chi connectivity index (χ0n) is 43.0. The SMILES string of the molecule is C=CCOc1c2cc(C(C)(C)C)cc1Cc1cc(C(C)(C)C)cc(c1OCc1ccccn1)Cc1cc(C(C)(C)C)cc(c1OCC=C)Cc1cc(C(C)(C)C)cc(c1OCc1ccccn1)C2. The zero-order valence-corrected chi connectivity index (χ0v) is 43.0. The monoisotopic (exact) mass is 911 g/mol. The van der Waals surface area contributed by atoms with Gasteiger partial charge in [0.15, 0.2) is 0 Å². The standard InChI is InChI=1S/C62H74N2O4/c1-15-25-65-55-41-27-45-35-51(61(9,10)11)37-47(57(45)67-39-53-21-17-19-23-63-53)29-43-33-50(60(6,7)8)34-44(56(43)66-26-16-2)30-48-38-52(62(12,13)14)36-46(28-42(55)32-49(31-41)59(3,4)5)58(48)68-40-54-22-18-20-24-64-54/h15-24,31-38H,1-2,25-30,39-40H2,3-14H3. The number of hydrogen-bond donors (Lipinski definition) is 0. The van der Waals surface area contributed by atoms with Crippen LogP contribution in [0.1, 0.15) is 161 Å². The highest BCUT2D eigenvalue weighted by molar-refractivity contribution is 5.60. The van der Waals surface area contributed by atoms with E-state index in [-0.39, 0.29) is 21.7 Å². The third-order valence-electron chi connectivity index (χ3n) is 12.8. The van der Waals surface area contributed by atoms with Gasteiger partial charge in [0.25, 0.3) is 0 Å². The van der Waals surface area contributed by atoms with E-state index in [4.69, 9.17) is 18.9 Å². The second-order valence-corrected chi connectivity index (χ2v) is 22.6. The first-order valence-corrected chi connectivity index (χ1v) is 24.3. The molecule has 0 amide bonds. The van der Waals surface area contributed by atoms with Crippen molar-refractivity contribution in [2.45, 2.75) is 144 Å². The Morgan fingerprint density at radius 1 is 0.397 bits per heavy atom. The molecule has 68 heavy (non-hydrogen) atoms. The van der Waals surface area contributed by atoms with Crippen molar-refractivity contribution < 1.29 is 18.9 Å². The summed E-state index contributed by atoms with van der Waals surface area (Å²) in [6.45, 7) is 37.0. The van der Waals surface area contributed by atoms with Gasteiger partial charge < -0.3 is 18.9 Å². The maximum absolute atomic E-state index is 7.11.